The number of para-hydroxylation sites is 2. The molecule has 0 aromatic heterocycles. The normalized spacial score (nSPS) is 15.1. The van der Waals surface area contributed by atoms with Crippen LogP contribution in [0.25, 0.3) is 0 Å². The van der Waals surface area contributed by atoms with Crippen LogP contribution in [0.1, 0.15) is 17.3 Å². The molecule has 2 nitrogen and oxygen atoms in total. The van der Waals surface area contributed by atoms with Gasteiger partial charge in [0, 0.05) is 14.1 Å². The summed E-state index contributed by atoms with van der Waals surface area (Å²) in [5, 5.41) is 0. The van der Waals surface area contributed by atoms with Gasteiger partial charge in [0.15, 0.2) is 0 Å². The molecule has 1 aliphatic rings. The van der Waals surface area contributed by atoms with Crippen molar-refractivity contribution in [1.29, 1.82) is 0 Å². The van der Waals surface area contributed by atoms with E-state index in [2.05, 4.69) is 79.3 Å². The third kappa shape index (κ3) is 1.57. The number of hydrogen-bond donors (Lipinski definition) is 0. The van der Waals surface area contributed by atoms with Gasteiger partial charge in [0.25, 0.3) is 0 Å². The van der Waals surface area contributed by atoms with Crippen LogP contribution < -0.4 is 9.80 Å². The van der Waals surface area contributed by atoms with Crippen molar-refractivity contribution in [2.45, 2.75) is 13.1 Å². The van der Waals surface area contributed by atoms with Crippen molar-refractivity contribution in [3.63, 3.8) is 0 Å². The van der Waals surface area contributed by atoms with Gasteiger partial charge in [-0.3, -0.25) is 0 Å². The van der Waals surface area contributed by atoms with Gasteiger partial charge in [-0.05, 0) is 24.6 Å². The van der Waals surface area contributed by atoms with Gasteiger partial charge in [-0.1, -0.05) is 42.0 Å². The molecule has 2 aromatic rings. The highest BCUT2D eigenvalue weighted by Crippen LogP contribution is 2.43. The highest BCUT2D eigenvalue weighted by Gasteiger charge is 2.31. The second-order valence-electron chi connectivity index (χ2n) is 5.00. The molecule has 18 heavy (non-hydrogen) atoms. The van der Waals surface area contributed by atoms with Crippen LogP contribution >= 0.6 is 0 Å². The van der Waals surface area contributed by atoms with Crippen molar-refractivity contribution in [2.75, 3.05) is 23.9 Å². The van der Waals surface area contributed by atoms with Gasteiger partial charge < -0.3 is 9.80 Å². The molecule has 0 spiro atoms. The van der Waals surface area contributed by atoms with Gasteiger partial charge >= 0.3 is 0 Å². The molecule has 2 heteroatoms. The molecule has 0 atom stereocenters. The summed E-state index contributed by atoms with van der Waals surface area (Å²) in [4.78, 5) is 4.67. The zero-order valence-corrected chi connectivity index (χ0v) is 11.1. The van der Waals surface area contributed by atoms with E-state index < -0.39 is 0 Å². The summed E-state index contributed by atoms with van der Waals surface area (Å²) in [5.41, 5.74) is 5.25. The Morgan fingerprint density at radius 2 is 1.44 bits per heavy atom. The Labute approximate surface area is 108 Å². The van der Waals surface area contributed by atoms with Crippen molar-refractivity contribution in [3.05, 3.63) is 59.7 Å². The van der Waals surface area contributed by atoms with Crippen molar-refractivity contribution >= 4 is 11.4 Å². The number of nitrogens with zero attached hydrogens (tertiary/aromatic N) is 2. The minimum atomic E-state index is 0.294. The maximum absolute atomic E-state index is 2.34. The first-order chi connectivity index (χ1) is 8.68. The molecule has 0 bridgehead atoms. The molecule has 0 N–H and O–H groups in total. The average Bonchev–Trinajstić information content (AvgIpc) is 2.63. The molecule has 92 valence electrons. The van der Waals surface area contributed by atoms with Crippen LogP contribution in [0.15, 0.2) is 48.5 Å². The van der Waals surface area contributed by atoms with Crippen molar-refractivity contribution in [1.82, 2.24) is 0 Å². The second kappa shape index (κ2) is 4.05. The Kier molecular flexibility index (Phi) is 2.51. The number of rotatable bonds is 1. The van der Waals surface area contributed by atoms with Crippen LogP contribution in [-0.4, -0.2) is 14.1 Å². The van der Waals surface area contributed by atoms with Crippen LogP contribution in [0.5, 0.6) is 0 Å². The molecule has 0 radical (unpaired) electrons. The van der Waals surface area contributed by atoms with Gasteiger partial charge in [0.2, 0.25) is 0 Å². The SMILES string of the molecule is Cc1cccc(C2N(C)c3ccccc3N2C)c1. The minimum absolute atomic E-state index is 0.294. The third-order valence-corrected chi connectivity index (χ3v) is 3.72. The van der Waals surface area contributed by atoms with E-state index >= 15 is 0 Å². The summed E-state index contributed by atoms with van der Waals surface area (Å²) >= 11 is 0. The largest absolute Gasteiger partial charge is 0.349 e. The fourth-order valence-corrected chi connectivity index (χ4v) is 2.86. The predicted molar refractivity (Wildman–Crippen MR) is 77.2 cm³/mol. The van der Waals surface area contributed by atoms with E-state index in [0.29, 0.717) is 6.17 Å². The van der Waals surface area contributed by atoms with Crippen molar-refractivity contribution in [2.24, 2.45) is 0 Å². The lowest BCUT2D eigenvalue weighted by molar-refractivity contribution is 0.694. The summed E-state index contributed by atoms with van der Waals surface area (Å²) in [5.74, 6) is 0. The zero-order chi connectivity index (χ0) is 12.7. The standard InChI is InChI=1S/C16H18N2/c1-12-7-6-8-13(11-12)16-17(2)14-9-4-5-10-15(14)18(16)3/h4-11,16H,1-3H3. The van der Waals surface area contributed by atoms with E-state index in [1.807, 2.05) is 0 Å². The van der Waals surface area contributed by atoms with Gasteiger partial charge in [-0.2, -0.15) is 0 Å². The van der Waals surface area contributed by atoms with Crippen LogP contribution in [0.2, 0.25) is 0 Å². The molecular weight excluding hydrogens is 220 g/mol. The van der Waals surface area contributed by atoms with E-state index in [1.54, 1.807) is 0 Å². The van der Waals surface area contributed by atoms with Gasteiger partial charge in [0.05, 0.1) is 11.4 Å². The Bertz CT molecular complexity index is 548. The van der Waals surface area contributed by atoms with E-state index in [0.717, 1.165) is 0 Å². The van der Waals surface area contributed by atoms with Crippen LogP contribution in [0.4, 0.5) is 11.4 Å². The maximum Gasteiger partial charge on any atom is 0.128 e. The quantitative estimate of drug-likeness (QED) is 0.749. The molecule has 0 saturated heterocycles. The summed E-state index contributed by atoms with van der Waals surface area (Å²) < 4.78 is 0. The molecule has 3 rings (SSSR count). The molecule has 1 heterocycles. The molecule has 0 fully saturated rings. The highest BCUT2D eigenvalue weighted by atomic mass is 15.4. The highest BCUT2D eigenvalue weighted by molar-refractivity contribution is 5.77. The molecule has 1 aliphatic heterocycles. The van der Waals surface area contributed by atoms with E-state index in [-0.39, 0.29) is 0 Å². The molecule has 0 aliphatic carbocycles. The Morgan fingerprint density at radius 3 is 2.00 bits per heavy atom. The molecular formula is C16H18N2. The number of hydrogen-bond acceptors (Lipinski definition) is 2. The number of fused-ring (bicyclic) bond motifs is 1. The Morgan fingerprint density at radius 1 is 0.833 bits per heavy atom. The lowest BCUT2D eigenvalue weighted by atomic mass is 10.1. The van der Waals surface area contributed by atoms with Crippen LogP contribution in [0, 0.1) is 6.92 Å². The zero-order valence-electron chi connectivity index (χ0n) is 11.1. The third-order valence-electron chi connectivity index (χ3n) is 3.72. The van der Waals surface area contributed by atoms with Crippen LogP contribution in [-0.2, 0) is 0 Å². The maximum atomic E-state index is 2.34. The molecule has 0 amide bonds. The Balaban J connectivity index is 2.06. The molecule has 2 aromatic carbocycles. The summed E-state index contributed by atoms with van der Waals surface area (Å²) in [6.45, 7) is 2.14. The first-order valence-electron chi connectivity index (χ1n) is 6.30. The predicted octanol–water partition coefficient (Wildman–Crippen LogP) is 3.58. The number of aryl methyl sites for hydroxylation is 1. The summed E-state index contributed by atoms with van der Waals surface area (Å²) in [7, 11) is 4.32. The van der Waals surface area contributed by atoms with Gasteiger partial charge in [0.1, 0.15) is 6.17 Å². The van der Waals surface area contributed by atoms with E-state index in [9.17, 15) is 0 Å². The molecule has 0 unspecified atom stereocenters. The van der Waals surface area contributed by atoms with E-state index in [4.69, 9.17) is 0 Å². The average molecular weight is 238 g/mol. The smallest absolute Gasteiger partial charge is 0.128 e. The van der Waals surface area contributed by atoms with Gasteiger partial charge in [-0.15, -0.1) is 0 Å². The summed E-state index contributed by atoms with van der Waals surface area (Å²) in [6.07, 6.45) is 0.294. The Hall–Kier alpha value is -1.96. The fraction of sp³-hybridized carbons (Fsp3) is 0.250. The first-order valence-corrected chi connectivity index (χ1v) is 6.30. The topological polar surface area (TPSA) is 6.48 Å². The first kappa shape index (κ1) is 11.1. The van der Waals surface area contributed by atoms with E-state index in [1.165, 1.54) is 22.5 Å². The summed E-state index contributed by atoms with van der Waals surface area (Å²) in [6, 6.07) is 17.3. The number of anilines is 2. The van der Waals surface area contributed by atoms with Crippen molar-refractivity contribution in [3.8, 4) is 0 Å². The van der Waals surface area contributed by atoms with Crippen LogP contribution in [0.3, 0.4) is 0 Å². The minimum Gasteiger partial charge on any atom is -0.349 e. The lowest BCUT2D eigenvalue weighted by Crippen LogP contribution is -2.30. The monoisotopic (exact) mass is 238 g/mol. The van der Waals surface area contributed by atoms with Crippen molar-refractivity contribution < 1.29 is 0 Å². The molecule has 0 saturated carbocycles. The number of benzene rings is 2. The second-order valence-corrected chi connectivity index (χ2v) is 5.00. The fourth-order valence-electron chi connectivity index (χ4n) is 2.86. The lowest BCUT2D eigenvalue weighted by Gasteiger charge is -2.28. The van der Waals surface area contributed by atoms with Gasteiger partial charge in [-0.25, -0.2) is 0 Å².